The molecule has 3 aromatic rings. The number of hydrogen-bond donors (Lipinski definition) is 2. The summed E-state index contributed by atoms with van der Waals surface area (Å²) in [5.41, 5.74) is 7.98. The summed E-state index contributed by atoms with van der Waals surface area (Å²) >= 11 is 2.37. The van der Waals surface area contributed by atoms with E-state index in [0.717, 1.165) is 46.8 Å². The molecule has 244 valence electrons. The smallest absolute Gasteiger partial charge is 0.356 e. The maximum Gasteiger partial charge on any atom is 0.356 e. The minimum absolute atomic E-state index is 0.00871. The van der Waals surface area contributed by atoms with Gasteiger partial charge in [-0.3, -0.25) is 14.5 Å². The van der Waals surface area contributed by atoms with Gasteiger partial charge in [-0.2, -0.15) is 9.36 Å². The van der Waals surface area contributed by atoms with Gasteiger partial charge in [0.25, 0.3) is 11.8 Å². The number of likely N-dealkylation sites (N-methyl/N-ethyl adjacent to an activating group) is 1. The van der Waals surface area contributed by atoms with E-state index in [0.29, 0.717) is 11.3 Å². The number of carbonyl (C=O) groups is 3. The highest BCUT2D eigenvalue weighted by Crippen LogP contribution is 2.42. The first kappa shape index (κ1) is 32.4. The van der Waals surface area contributed by atoms with Gasteiger partial charge in [0.1, 0.15) is 24.2 Å². The minimum Gasteiger partial charge on any atom is -0.448 e. The predicted octanol–water partition coefficient (Wildman–Crippen LogP) is 3.25. The number of quaternary nitrogens is 1. The average molecular weight is 675 g/mol. The Morgan fingerprint density at radius 2 is 1.79 bits per heavy atom. The van der Waals surface area contributed by atoms with Crippen molar-refractivity contribution in [3.63, 3.8) is 0 Å². The summed E-state index contributed by atoms with van der Waals surface area (Å²) in [6.07, 6.45) is 5.73. The van der Waals surface area contributed by atoms with Crippen molar-refractivity contribution in [2.75, 3.05) is 45.3 Å². The number of nitrogens with two attached hydrogens (primary N) is 1. The van der Waals surface area contributed by atoms with Crippen LogP contribution in [0.1, 0.15) is 35.9 Å². The van der Waals surface area contributed by atoms with Gasteiger partial charge in [0.05, 0.1) is 26.7 Å². The van der Waals surface area contributed by atoms with Crippen LogP contribution in [-0.4, -0.2) is 93.2 Å². The number of rotatable bonds is 11. The number of anilines is 1. The largest absolute Gasteiger partial charge is 0.448 e. The fraction of sp³-hybridized carbons (Fsp3) is 0.333. The zero-order chi connectivity index (χ0) is 33.0. The van der Waals surface area contributed by atoms with Crippen LogP contribution in [0.3, 0.4) is 0 Å². The monoisotopic (exact) mass is 674 g/mol. The third-order valence-electron chi connectivity index (χ3n) is 8.47. The fourth-order valence-electron chi connectivity index (χ4n) is 6.05. The number of β-lactam (4-membered cyclic amide) rings is 1. The molecular formula is C33H36N7O5S2+. The van der Waals surface area contributed by atoms with Gasteiger partial charge < -0.3 is 25.1 Å². The molecule has 14 heteroatoms. The highest BCUT2D eigenvalue weighted by molar-refractivity contribution is 8.00. The quantitative estimate of drug-likeness (QED) is 0.103. The molecule has 1 aromatic heterocycles. The molecule has 2 amide bonds. The Hall–Kier alpha value is -4.53. The molecule has 0 bridgehead atoms. The number of amides is 2. The minimum atomic E-state index is -0.924. The van der Waals surface area contributed by atoms with E-state index in [1.807, 2.05) is 66.7 Å². The van der Waals surface area contributed by atoms with Crippen molar-refractivity contribution in [3.8, 4) is 0 Å². The summed E-state index contributed by atoms with van der Waals surface area (Å²) < 4.78 is 11.2. The number of esters is 1. The number of ether oxygens (including phenoxy) is 1. The molecule has 2 saturated heterocycles. The first-order valence-electron chi connectivity index (χ1n) is 15.3. The van der Waals surface area contributed by atoms with E-state index in [-0.39, 0.29) is 22.4 Å². The normalized spacial score (nSPS) is 20.7. The molecule has 4 heterocycles. The highest BCUT2D eigenvalue weighted by atomic mass is 32.2. The van der Waals surface area contributed by atoms with Crippen molar-refractivity contribution in [1.29, 1.82) is 0 Å². The van der Waals surface area contributed by atoms with Gasteiger partial charge in [0.15, 0.2) is 11.2 Å². The maximum absolute atomic E-state index is 14.2. The van der Waals surface area contributed by atoms with Crippen molar-refractivity contribution >= 4 is 51.9 Å². The van der Waals surface area contributed by atoms with Crippen molar-refractivity contribution in [3.05, 3.63) is 101 Å². The third-order valence-corrected chi connectivity index (χ3v) is 10.3. The van der Waals surface area contributed by atoms with E-state index in [1.165, 1.54) is 36.6 Å². The zero-order valence-corrected chi connectivity index (χ0v) is 27.7. The summed E-state index contributed by atoms with van der Waals surface area (Å²) in [7, 11) is 3.53. The van der Waals surface area contributed by atoms with E-state index >= 15 is 0 Å². The molecule has 3 aliphatic rings. The molecule has 3 N–H and O–H groups in total. The molecule has 3 aliphatic heterocycles. The van der Waals surface area contributed by atoms with Gasteiger partial charge in [-0.25, -0.2) is 4.79 Å². The molecule has 12 nitrogen and oxygen atoms in total. The number of nitrogens with zero attached hydrogens (tertiary/aromatic N) is 5. The number of benzene rings is 2. The number of fused-ring (bicyclic) bond motifs is 1. The number of nitrogen functional groups attached to an aromatic ring is 1. The Bertz CT molecular complexity index is 1680. The number of likely N-dealkylation sites (tertiary alicyclic amines) is 1. The van der Waals surface area contributed by atoms with Crippen LogP contribution in [0.25, 0.3) is 0 Å². The van der Waals surface area contributed by atoms with Gasteiger partial charge in [-0.15, -0.1) is 11.8 Å². The fourth-order valence-corrected chi connectivity index (χ4v) is 7.81. The van der Waals surface area contributed by atoms with Crippen LogP contribution >= 0.6 is 23.3 Å². The Labute approximate surface area is 281 Å². The lowest BCUT2D eigenvalue weighted by atomic mass is 10.0. The molecule has 2 aromatic carbocycles. The second-order valence-electron chi connectivity index (χ2n) is 11.8. The van der Waals surface area contributed by atoms with E-state index in [4.69, 9.17) is 15.3 Å². The van der Waals surface area contributed by atoms with Gasteiger partial charge in [-0.05, 0) is 22.8 Å². The lowest BCUT2D eigenvalue weighted by Gasteiger charge is -2.49. The number of oxime groups is 1. The number of nitrogens with one attached hydrogen (secondary N) is 1. The molecule has 6 rings (SSSR count). The summed E-state index contributed by atoms with van der Waals surface area (Å²) in [5, 5.41) is 6.12. The summed E-state index contributed by atoms with van der Waals surface area (Å²) in [5.74, 6) is -1.32. The average Bonchev–Trinajstić information content (AvgIpc) is 3.73. The van der Waals surface area contributed by atoms with Crippen LogP contribution < -0.4 is 11.1 Å². The van der Waals surface area contributed by atoms with Crippen LogP contribution in [0.2, 0.25) is 0 Å². The molecule has 0 saturated carbocycles. The van der Waals surface area contributed by atoms with E-state index < -0.39 is 35.3 Å². The zero-order valence-electron chi connectivity index (χ0n) is 26.1. The van der Waals surface area contributed by atoms with Gasteiger partial charge >= 0.3 is 5.97 Å². The lowest BCUT2D eigenvalue weighted by molar-refractivity contribution is -0.891. The molecule has 47 heavy (non-hydrogen) atoms. The highest BCUT2D eigenvalue weighted by Gasteiger charge is 2.55. The van der Waals surface area contributed by atoms with Gasteiger partial charge in [-0.1, -0.05) is 71.9 Å². The van der Waals surface area contributed by atoms with Crippen molar-refractivity contribution in [1.82, 2.24) is 19.6 Å². The third kappa shape index (κ3) is 6.94. The van der Waals surface area contributed by atoms with Crippen LogP contribution in [0.4, 0.5) is 5.13 Å². The van der Waals surface area contributed by atoms with Gasteiger partial charge in [0.2, 0.25) is 11.5 Å². The van der Waals surface area contributed by atoms with E-state index in [1.54, 1.807) is 0 Å². The number of aromatic nitrogens is 2. The first-order valence-corrected chi connectivity index (χ1v) is 17.1. The lowest BCUT2D eigenvalue weighted by Crippen LogP contribution is -2.71. The molecule has 0 aliphatic carbocycles. The molecule has 2 fully saturated rings. The second-order valence-corrected chi connectivity index (χ2v) is 13.7. The Kier molecular flexibility index (Phi) is 9.71. The molecule has 0 spiro atoms. The number of carbonyl (C=O) groups excluding carboxylic acids is 3. The second kappa shape index (κ2) is 14.1. The Balaban J connectivity index is 1.29. The summed E-state index contributed by atoms with van der Waals surface area (Å²) in [6, 6.07) is 18.1. The van der Waals surface area contributed by atoms with Crippen LogP contribution in [0.5, 0.6) is 0 Å². The van der Waals surface area contributed by atoms with Crippen molar-refractivity contribution in [2.24, 2.45) is 5.16 Å². The van der Waals surface area contributed by atoms with E-state index in [2.05, 4.69) is 33.0 Å². The number of hydrogen-bond acceptors (Lipinski definition) is 11. The maximum atomic E-state index is 14.2. The standard InChI is InChI=1S/C33H35N7O5S2/c1-40(17-9-10-18-40)19-11-16-23-20-46-31-25(35-29(41)24(37-44-2)28-36-33(34)47-38-28)30(42)39(31)26(23)32(43)45-27(21-12-5-3-6-13-21)22-14-7-4-8-15-22/h3-8,11-16,25,27,31H,9-10,17-20H2,1-2H3,(H2-,34,35,36,38,41)/p+1/t25?,31-/m1/s1. The molecule has 1 unspecified atom stereocenters. The van der Waals surface area contributed by atoms with Crippen molar-refractivity contribution in [2.45, 2.75) is 30.4 Å². The van der Waals surface area contributed by atoms with Crippen molar-refractivity contribution < 1.29 is 28.4 Å². The van der Waals surface area contributed by atoms with Gasteiger partial charge in [0, 0.05) is 30.1 Å². The molecule has 2 atom stereocenters. The van der Waals surface area contributed by atoms with E-state index in [9.17, 15) is 14.4 Å². The Morgan fingerprint density at radius 3 is 2.38 bits per heavy atom. The molecule has 0 radical (unpaired) electrons. The predicted molar refractivity (Wildman–Crippen MR) is 180 cm³/mol. The summed E-state index contributed by atoms with van der Waals surface area (Å²) in [4.78, 5) is 51.6. The van der Waals surface area contributed by atoms with Crippen LogP contribution in [0.15, 0.2) is 89.2 Å². The topological polar surface area (TPSA) is 149 Å². The summed E-state index contributed by atoms with van der Waals surface area (Å²) in [6.45, 7) is 3.03. The first-order chi connectivity index (χ1) is 22.8. The SMILES string of the molecule is CON=C(C(=O)NC1C(=O)N2C(C(=O)OC(c3ccccc3)c3ccccc3)=C(C=CC[N+]3(C)CCCC3)CS[C@H]12)c1nsc(N)n1. The Morgan fingerprint density at radius 1 is 1.13 bits per heavy atom. The number of thioether (sulfide) groups is 1. The van der Waals surface area contributed by atoms with Crippen LogP contribution in [0, 0.1) is 0 Å². The number of allylic oxidation sites excluding steroid dienone is 1. The van der Waals surface area contributed by atoms with Crippen LogP contribution in [-0.2, 0) is 24.0 Å². The molecular weight excluding hydrogens is 639 g/mol.